The van der Waals surface area contributed by atoms with Crippen molar-refractivity contribution in [3.8, 4) is 5.75 Å². The Kier molecular flexibility index (Phi) is 3.78. The molecule has 0 amide bonds. The number of rotatable bonds is 2. The van der Waals surface area contributed by atoms with Crippen molar-refractivity contribution in [3.05, 3.63) is 49.0 Å². The molecule has 0 saturated carbocycles. The molecule has 98 valence electrons. The predicted octanol–water partition coefficient (Wildman–Crippen LogP) is 5.02. The molecular formula is C14H10Br2O2S. The summed E-state index contributed by atoms with van der Waals surface area (Å²) in [6.45, 7) is 0.598. The van der Waals surface area contributed by atoms with Gasteiger partial charge in [0, 0.05) is 10.0 Å². The molecule has 0 aliphatic carbocycles. The highest BCUT2D eigenvalue weighted by atomic mass is 79.9. The number of ketones is 1. The summed E-state index contributed by atoms with van der Waals surface area (Å²) < 4.78 is 7.49. The Balaban J connectivity index is 1.97. The number of hydrogen-bond acceptors (Lipinski definition) is 3. The Morgan fingerprint density at radius 2 is 2.11 bits per heavy atom. The highest BCUT2D eigenvalue weighted by Crippen LogP contribution is 2.39. The highest BCUT2D eigenvalue weighted by molar-refractivity contribution is 9.13. The fourth-order valence-corrected chi connectivity index (χ4v) is 4.28. The monoisotopic (exact) mass is 400 g/mol. The molecule has 1 unspecified atom stereocenters. The Hall–Kier alpha value is -0.650. The molecule has 0 saturated heterocycles. The molecule has 1 aliphatic heterocycles. The molecule has 0 bridgehead atoms. The first-order valence-electron chi connectivity index (χ1n) is 5.87. The molecule has 2 nitrogen and oxygen atoms in total. The fourth-order valence-electron chi connectivity index (χ4n) is 2.25. The van der Waals surface area contributed by atoms with Gasteiger partial charge >= 0.3 is 0 Å². The largest absolute Gasteiger partial charge is 0.493 e. The summed E-state index contributed by atoms with van der Waals surface area (Å²) in [7, 11) is 0. The summed E-state index contributed by atoms with van der Waals surface area (Å²) in [5.41, 5.74) is 0.999. The average molecular weight is 402 g/mol. The topological polar surface area (TPSA) is 26.3 Å². The minimum absolute atomic E-state index is 0.0950. The zero-order chi connectivity index (χ0) is 13.4. The number of ether oxygens (including phenoxy) is 1. The van der Waals surface area contributed by atoms with Crippen LogP contribution < -0.4 is 4.74 Å². The molecule has 2 aromatic rings. The van der Waals surface area contributed by atoms with Gasteiger partial charge in [-0.3, -0.25) is 4.79 Å². The fraction of sp³-hybridized carbons (Fsp3) is 0.214. The van der Waals surface area contributed by atoms with E-state index in [9.17, 15) is 4.79 Å². The second kappa shape index (κ2) is 5.38. The van der Waals surface area contributed by atoms with Crippen LogP contribution >= 0.6 is 43.2 Å². The lowest BCUT2D eigenvalue weighted by Gasteiger charge is -2.24. The zero-order valence-corrected chi connectivity index (χ0v) is 13.8. The van der Waals surface area contributed by atoms with Gasteiger partial charge in [0.05, 0.1) is 21.2 Å². The van der Waals surface area contributed by atoms with Crippen LogP contribution in [0.4, 0.5) is 0 Å². The first-order chi connectivity index (χ1) is 9.16. The van der Waals surface area contributed by atoms with Crippen molar-refractivity contribution in [2.24, 2.45) is 0 Å². The molecule has 0 spiro atoms. The molecule has 0 N–H and O–H groups in total. The Morgan fingerprint density at radius 3 is 2.84 bits per heavy atom. The summed E-state index contributed by atoms with van der Waals surface area (Å²) in [5.74, 6) is 0.913. The molecule has 0 radical (unpaired) electrons. The van der Waals surface area contributed by atoms with Gasteiger partial charge in [0.15, 0.2) is 5.78 Å². The number of Topliss-reactive ketones (excluding diaryl/α,β-unsaturated/α-hetero) is 1. The SMILES string of the molecule is O=C(c1cc(Br)c(Br)s1)C1CCOc2ccccc21. The summed E-state index contributed by atoms with van der Waals surface area (Å²) >= 11 is 8.33. The van der Waals surface area contributed by atoms with E-state index in [1.54, 1.807) is 0 Å². The second-order valence-corrected chi connectivity index (χ2v) is 7.55. The quantitative estimate of drug-likeness (QED) is 0.660. The third kappa shape index (κ3) is 2.51. The smallest absolute Gasteiger partial charge is 0.180 e. The Morgan fingerprint density at radius 1 is 1.32 bits per heavy atom. The van der Waals surface area contributed by atoms with E-state index in [1.165, 1.54) is 11.3 Å². The maximum Gasteiger partial charge on any atom is 0.180 e. The van der Waals surface area contributed by atoms with Crippen LogP contribution in [0.1, 0.15) is 27.6 Å². The lowest BCUT2D eigenvalue weighted by Crippen LogP contribution is -2.20. The molecule has 0 fully saturated rings. The number of carbonyl (C=O) groups excluding carboxylic acids is 1. The van der Waals surface area contributed by atoms with Gasteiger partial charge in [0.25, 0.3) is 0 Å². The number of benzene rings is 1. The van der Waals surface area contributed by atoms with E-state index < -0.39 is 0 Å². The van der Waals surface area contributed by atoms with Crippen LogP contribution in [-0.2, 0) is 0 Å². The standard InChI is InChI=1S/C14H10Br2O2S/c15-10-7-12(19-14(10)16)13(17)9-5-6-18-11-4-2-1-3-8(9)11/h1-4,7,9H,5-6H2. The first-order valence-corrected chi connectivity index (χ1v) is 8.28. The van der Waals surface area contributed by atoms with Crippen molar-refractivity contribution in [1.29, 1.82) is 0 Å². The van der Waals surface area contributed by atoms with Gasteiger partial charge in [-0.05, 0) is 50.4 Å². The van der Waals surface area contributed by atoms with Crippen LogP contribution in [-0.4, -0.2) is 12.4 Å². The number of thiophene rings is 1. The van der Waals surface area contributed by atoms with E-state index in [2.05, 4.69) is 31.9 Å². The normalized spacial score (nSPS) is 17.7. The third-order valence-electron chi connectivity index (χ3n) is 3.16. The lowest BCUT2D eigenvalue weighted by molar-refractivity contribution is 0.0937. The molecule has 1 aromatic carbocycles. The minimum atomic E-state index is -0.0950. The molecule has 19 heavy (non-hydrogen) atoms. The van der Waals surface area contributed by atoms with Gasteiger partial charge in [-0.25, -0.2) is 0 Å². The van der Waals surface area contributed by atoms with E-state index in [0.717, 1.165) is 30.9 Å². The van der Waals surface area contributed by atoms with Crippen molar-refractivity contribution in [1.82, 2.24) is 0 Å². The van der Waals surface area contributed by atoms with E-state index in [0.29, 0.717) is 6.61 Å². The molecule has 1 aromatic heterocycles. The summed E-state index contributed by atoms with van der Waals surface area (Å²) in [6, 6.07) is 9.68. The maximum atomic E-state index is 12.6. The van der Waals surface area contributed by atoms with Crippen molar-refractivity contribution in [2.75, 3.05) is 6.61 Å². The summed E-state index contributed by atoms with van der Waals surface area (Å²) in [6.07, 6.45) is 0.739. The van der Waals surface area contributed by atoms with Crippen molar-refractivity contribution in [3.63, 3.8) is 0 Å². The van der Waals surface area contributed by atoms with Crippen LogP contribution in [0.3, 0.4) is 0 Å². The summed E-state index contributed by atoms with van der Waals surface area (Å²) in [4.78, 5) is 13.4. The number of hydrogen-bond donors (Lipinski definition) is 0. The predicted molar refractivity (Wildman–Crippen MR) is 83.3 cm³/mol. The van der Waals surface area contributed by atoms with Gasteiger partial charge in [0.2, 0.25) is 0 Å². The van der Waals surface area contributed by atoms with E-state index in [4.69, 9.17) is 4.74 Å². The van der Waals surface area contributed by atoms with Gasteiger partial charge in [-0.1, -0.05) is 18.2 Å². The zero-order valence-electron chi connectivity index (χ0n) is 9.86. The number of carbonyl (C=O) groups is 1. The molecule has 5 heteroatoms. The van der Waals surface area contributed by atoms with Crippen LogP contribution in [0.2, 0.25) is 0 Å². The number of fused-ring (bicyclic) bond motifs is 1. The van der Waals surface area contributed by atoms with Crippen molar-refractivity contribution < 1.29 is 9.53 Å². The van der Waals surface area contributed by atoms with Crippen LogP contribution in [0.25, 0.3) is 0 Å². The maximum absolute atomic E-state index is 12.6. The molecule has 1 atom stereocenters. The number of para-hydroxylation sites is 1. The van der Waals surface area contributed by atoms with Crippen molar-refractivity contribution >= 4 is 49.0 Å². The van der Waals surface area contributed by atoms with Gasteiger partial charge in [-0.15, -0.1) is 11.3 Å². The third-order valence-corrected chi connectivity index (χ3v) is 6.43. The average Bonchev–Trinajstić information content (AvgIpc) is 2.77. The molecule has 1 aliphatic rings. The van der Waals surface area contributed by atoms with Crippen LogP contribution in [0, 0.1) is 0 Å². The van der Waals surface area contributed by atoms with E-state index in [-0.39, 0.29) is 11.7 Å². The van der Waals surface area contributed by atoms with E-state index >= 15 is 0 Å². The Bertz CT molecular complexity index is 617. The molecular weight excluding hydrogens is 392 g/mol. The first kappa shape index (κ1) is 13.3. The molecule has 3 rings (SSSR count). The second-order valence-electron chi connectivity index (χ2n) is 4.32. The lowest BCUT2D eigenvalue weighted by atomic mass is 9.89. The molecule has 2 heterocycles. The Labute approximate surface area is 132 Å². The van der Waals surface area contributed by atoms with Gasteiger partial charge in [0.1, 0.15) is 5.75 Å². The van der Waals surface area contributed by atoms with Crippen LogP contribution in [0.15, 0.2) is 38.6 Å². The van der Waals surface area contributed by atoms with Gasteiger partial charge in [-0.2, -0.15) is 0 Å². The minimum Gasteiger partial charge on any atom is -0.493 e. The number of halogens is 2. The van der Waals surface area contributed by atoms with Crippen LogP contribution in [0.5, 0.6) is 5.75 Å². The highest BCUT2D eigenvalue weighted by Gasteiger charge is 2.29. The summed E-state index contributed by atoms with van der Waals surface area (Å²) in [5, 5.41) is 0. The van der Waals surface area contributed by atoms with E-state index in [1.807, 2.05) is 30.3 Å². The van der Waals surface area contributed by atoms with Gasteiger partial charge < -0.3 is 4.74 Å². The van der Waals surface area contributed by atoms with Crippen molar-refractivity contribution in [2.45, 2.75) is 12.3 Å².